The SMILES string of the molecule is CC(C)(C)Nc1[nH]c(=O)ncc1F. The highest BCUT2D eigenvalue weighted by molar-refractivity contribution is 5.36. The zero-order valence-electron chi connectivity index (χ0n) is 7.81. The number of hydrogen-bond donors (Lipinski definition) is 2. The zero-order valence-corrected chi connectivity index (χ0v) is 7.81. The molecule has 0 spiro atoms. The van der Waals surface area contributed by atoms with Gasteiger partial charge in [0.25, 0.3) is 0 Å². The molecule has 1 aromatic heterocycles. The van der Waals surface area contributed by atoms with Gasteiger partial charge in [0.1, 0.15) is 5.82 Å². The minimum absolute atomic E-state index is 0.0764. The number of halogens is 1. The van der Waals surface area contributed by atoms with E-state index < -0.39 is 11.5 Å². The maximum absolute atomic E-state index is 13.0. The average Bonchev–Trinajstić information content (AvgIpc) is 1.94. The van der Waals surface area contributed by atoms with E-state index in [1.54, 1.807) is 0 Å². The van der Waals surface area contributed by atoms with Crippen molar-refractivity contribution in [2.24, 2.45) is 0 Å². The zero-order chi connectivity index (χ0) is 10.1. The number of rotatable bonds is 1. The number of aromatic amines is 1. The lowest BCUT2D eigenvalue weighted by atomic mass is 10.1. The first kappa shape index (κ1) is 9.70. The molecule has 0 radical (unpaired) electrons. The van der Waals surface area contributed by atoms with Crippen LogP contribution in [0.2, 0.25) is 0 Å². The molecule has 0 unspecified atom stereocenters. The quantitative estimate of drug-likeness (QED) is 0.689. The van der Waals surface area contributed by atoms with E-state index in [0.29, 0.717) is 0 Å². The predicted octanol–water partition coefficient (Wildman–Crippen LogP) is 1.12. The van der Waals surface area contributed by atoms with E-state index in [4.69, 9.17) is 0 Å². The fourth-order valence-corrected chi connectivity index (χ4v) is 0.845. The summed E-state index contributed by atoms with van der Waals surface area (Å²) in [5, 5.41) is 2.82. The van der Waals surface area contributed by atoms with Crippen LogP contribution >= 0.6 is 0 Å². The molecular weight excluding hydrogens is 173 g/mol. The fraction of sp³-hybridized carbons (Fsp3) is 0.500. The van der Waals surface area contributed by atoms with Gasteiger partial charge in [-0.05, 0) is 20.8 Å². The molecule has 72 valence electrons. The fourth-order valence-electron chi connectivity index (χ4n) is 0.845. The maximum Gasteiger partial charge on any atom is 0.346 e. The average molecular weight is 185 g/mol. The van der Waals surface area contributed by atoms with Crippen molar-refractivity contribution in [1.29, 1.82) is 0 Å². The van der Waals surface area contributed by atoms with Crippen LogP contribution < -0.4 is 11.0 Å². The summed E-state index contributed by atoms with van der Waals surface area (Å²) in [6.45, 7) is 5.60. The Morgan fingerprint density at radius 2 is 2.15 bits per heavy atom. The van der Waals surface area contributed by atoms with Gasteiger partial charge in [0.2, 0.25) is 0 Å². The van der Waals surface area contributed by atoms with E-state index in [1.807, 2.05) is 20.8 Å². The third-order valence-corrected chi connectivity index (χ3v) is 1.27. The van der Waals surface area contributed by atoms with Crippen LogP contribution in [0.4, 0.5) is 10.2 Å². The van der Waals surface area contributed by atoms with Crippen molar-refractivity contribution in [2.45, 2.75) is 26.3 Å². The predicted molar refractivity (Wildman–Crippen MR) is 48.2 cm³/mol. The monoisotopic (exact) mass is 185 g/mol. The highest BCUT2D eigenvalue weighted by Crippen LogP contribution is 2.12. The largest absolute Gasteiger partial charge is 0.364 e. The molecule has 0 aliphatic heterocycles. The molecule has 0 bridgehead atoms. The molecule has 13 heavy (non-hydrogen) atoms. The molecule has 0 saturated carbocycles. The van der Waals surface area contributed by atoms with E-state index in [1.165, 1.54) is 0 Å². The second-order valence-electron chi connectivity index (χ2n) is 3.79. The lowest BCUT2D eigenvalue weighted by Crippen LogP contribution is -2.29. The second-order valence-corrected chi connectivity index (χ2v) is 3.79. The summed E-state index contributed by atoms with van der Waals surface area (Å²) in [6.07, 6.45) is 0.896. The second kappa shape index (κ2) is 3.16. The van der Waals surface area contributed by atoms with Gasteiger partial charge in [-0.3, -0.25) is 4.98 Å². The van der Waals surface area contributed by atoms with Gasteiger partial charge in [-0.2, -0.15) is 4.98 Å². The lowest BCUT2D eigenvalue weighted by molar-refractivity contribution is 0.583. The third-order valence-electron chi connectivity index (χ3n) is 1.27. The highest BCUT2D eigenvalue weighted by atomic mass is 19.1. The van der Waals surface area contributed by atoms with Crippen molar-refractivity contribution in [2.75, 3.05) is 5.32 Å². The van der Waals surface area contributed by atoms with E-state index in [9.17, 15) is 9.18 Å². The van der Waals surface area contributed by atoms with Crippen LogP contribution in [0.5, 0.6) is 0 Å². The molecule has 0 aromatic carbocycles. The van der Waals surface area contributed by atoms with Gasteiger partial charge in [0.05, 0.1) is 6.20 Å². The Labute approximate surface area is 75.2 Å². The van der Waals surface area contributed by atoms with Crippen molar-refractivity contribution in [3.63, 3.8) is 0 Å². The Kier molecular flexibility index (Phi) is 2.36. The van der Waals surface area contributed by atoms with Crippen LogP contribution in [0.3, 0.4) is 0 Å². The van der Waals surface area contributed by atoms with Crippen LogP contribution in [0, 0.1) is 5.82 Å². The molecule has 1 heterocycles. The van der Waals surface area contributed by atoms with E-state index >= 15 is 0 Å². The first-order valence-electron chi connectivity index (χ1n) is 3.91. The summed E-state index contributed by atoms with van der Waals surface area (Å²) in [4.78, 5) is 16.3. The number of nitrogens with zero attached hydrogens (tertiary/aromatic N) is 1. The molecule has 0 saturated heterocycles. The normalized spacial score (nSPS) is 11.4. The Bertz CT molecular complexity index is 353. The molecule has 1 rings (SSSR count). The molecule has 4 nitrogen and oxygen atoms in total. The molecular formula is C8H12FN3O. The molecule has 0 aliphatic carbocycles. The van der Waals surface area contributed by atoms with Crippen LogP contribution in [0.1, 0.15) is 20.8 Å². The van der Waals surface area contributed by atoms with Crippen LogP contribution in [-0.4, -0.2) is 15.5 Å². The number of H-pyrrole nitrogens is 1. The molecule has 5 heteroatoms. The smallest absolute Gasteiger partial charge is 0.346 e. The highest BCUT2D eigenvalue weighted by Gasteiger charge is 2.12. The third kappa shape index (κ3) is 2.85. The first-order chi connectivity index (χ1) is 5.88. The van der Waals surface area contributed by atoms with Crippen LogP contribution in [0.25, 0.3) is 0 Å². The number of anilines is 1. The number of nitrogens with one attached hydrogen (secondary N) is 2. The molecule has 0 atom stereocenters. The number of hydrogen-bond acceptors (Lipinski definition) is 3. The van der Waals surface area contributed by atoms with Gasteiger partial charge < -0.3 is 5.32 Å². The van der Waals surface area contributed by atoms with Crippen LogP contribution in [-0.2, 0) is 0 Å². The van der Waals surface area contributed by atoms with Crippen molar-refractivity contribution >= 4 is 5.82 Å². The molecule has 0 amide bonds. The summed E-state index contributed by atoms with van der Waals surface area (Å²) in [6, 6.07) is 0. The van der Waals surface area contributed by atoms with Gasteiger partial charge in [0, 0.05) is 5.54 Å². The summed E-state index contributed by atoms with van der Waals surface area (Å²) in [5.41, 5.74) is -0.862. The molecule has 2 N–H and O–H groups in total. The summed E-state index contributed by atoms with van der Waals surface area (Å²) in [7, 11) is 0. The number of aromatic nitrogens is 2. The van der Waals surface area contributed by atoms with Crippen LogP contribution in [0.15, 0.2) is 11.0 Å². The summed E-state index contributed by atoms with van der Waals surface area (Å²) < 4.78 is 13.0. The molecule has 1 aromatic rings. The van der Waals surface area contributed by atoms with Gasteiger partial charge in [-0.15, -0.1) is 0 Å². The molecule has 0 aliphatic rings. The van der Waals surface area contributed by atoms with Gasteiger partial charge in [-0.1, -0.05) is 0 Å². The van der Waals surface area contributed by atoms with E-state index in [0.717, 1.165) is 6.20 Å². The van der Waals surface area contributed by atoms with Gasteiger partial charge in [0.15, 0.2) is 5.82 Å². The van der Waals surface area contributed by atoms with E-state index in [2.05, 4.69) is 15.3 Å². The van der Waals surface area contributed by atoms with Gasteiger partial charge >= 0.3 is 5.69 Å². The Hall–Kier alpha value is -1.39. The minimum Gasteiger partial charge on any atom is -0.364 e. The van der Waals surface area contributed by atoms with Gasteiger partial charge in [-0.25, -0.2) is 9.18 Å². The Morgan fingerprint density at radius 3 is 2.69 bits per heavy atom. The summed E-state index contributed by atoms with van der Waals surface area (Å²) in [5.74, 6) is -0.484. The lowest BCUT2D eigenvalue weighted by Gasteiger charge is -2.21. The minimum atomic E-state index is -0.562. The Morgan fingerprint density at radius 1 is 1.54 bits per heavy atom. The van der Waals surface area contributed by atoms with Crippen molar-refractivity contribution in [3.8, 4) is 0 Å². The van der Waals surface area contributed by atoms with Crippen molar-refractivity contribution in [3.05, 3.63) is 22.5 Å². The standard InChI is InChI=1S/C8H12FN3O/c1-8(2,3)12-6-5(9)4-10-7(13)11-6/h4H,1-3H3,(H2,10,11,12,13). The van der Waals surface area contributed by atoms with E-state index in [-0.39, 0.29) is 11.4 Å². The Balaban J connectivity index is 3.01. The summed E-state index contributed by atoms with van der Waals surface area (Å²) >= 11 is 0. The van der Waals surface area contributed by atoms with Crippen molar-refractivity contribution in [1.82, 2.24) is 9.97 Å². The first-order valence-corrected chi connectivity index (χ1v) is 3.91. The topological polar surface area (TPSA) is 57.8 Å². The van der Waals surface area contributed by atoms with Crippen molar-refractivity contribution < 1.29 is 4.39 Å². The molecule has 0 fully saturated rings. The maximum atomic E-state index is 13.0.